The van der Waals surface area contributed by atoms with E-state index in [9.17, 15) is 14.7 Å². The molecule has 2 unspecified atom stereocenters. The highest BCUT2D eigenvalue weighted by Crippen LogP contribution is 2.34. The Labute approximate surface area is 183 Å². The topological polar surface area (TPSA) is 104 Å². The molecule has 1 saturated carbocycles. The average molecular weight is 429 g/mol. The van der Waals surface area contributed by atoms with Gasteiger partial charge in [-0.25, -0.2) is 0 Å². The first-order valence-electron chi connectivity index (χ1n) is 11.0. The first-order chi connectivity index (χ1) is 15.5. The molecule has 2 aromatic carbocycles. The van der Waals surface area contributed by atoms with E-state index in [0.717, 1.165) is 30.3 Å². The maximum Gasteiger partial charge on any atom is 0.294 e. The summed E-state index contributed by atoms with van der Waals surface area (Å²) in [6.45, 7) is 3.07. The van der Waals surface area contributed by atoms with Crippen LogP contribution in [0.1, 0.15) is 58.1 Å². The number of aromatic amines is 1. The molecule has 8 nitrogen and oxygen atoms in total. The molecule has 0 saturated heterocycles. The molecule has 3 heterocycles. The van der Waals surface area contributed by atoms with Crippen molar-refractivity contribution in [1.29, 1.82) is 0 Å². The largest absolute Gasteiger partial charge is 0.392 e. The van der Waals surface area contributed by atoms with E-state index in [4.69, 9.17) is 0 Å². The number of hydrogen-bond acceptors (Lipinski definition) is 5. The number of aliphatic hydroxyl groups is 1. The van der Waals surface area contributed by atoms with Gasteiger partial charge in [0.25, 0.3) is 11.5 Å². The minimum absolute atomic E-state index is 0.0586. The first kappa shape index (κ1) is 19.2. The smallest absolute Gasteiger partial charge is 0.294 e. The zero-order valence-corrected chi connectivity index (χ0v) is 17.7. The van der Waals surface area contributed by atoms with Gasteiger partial charge in [-0.3, -0.25) is 14.0 Å². The summed E-state index contributed by atoms with van der Waals surface area (Å²) in [6.07, 6.45) is 1.95. The van der Waals surface area contributed by atoms with E-state index in [1.54, 1.807) is 10.5 Å². The van der Waals surface area contributed by atoms with Crippen LogP contribution < -0.4 is 5.56 Å². The predicted molar refractivity (Wildman–Crippen MR) is 118 cm³/mol. The van der Waals surface area contributed by atoms with Gasteiger partial charge in [-0.05, 0) is 48.6 Å². The molecular formula is C24H23N5O3. The Balaban J connectivity index is 1.47. The maximum absolute atomic E-state index is 13.4. The molecule has 2 atom stereocenters. The molecule has 0 radical (unpaired) electrons. The third-order valence-corrected chi connectivity index (χ3v) is 6.89. The number of nitrogens with zero attached hydrogens (tertiary/aromatic N) is 4. The second-order valence-electron chi connectivity index (χ2n) is 8.89. The lowest BCUT2D eigenvalue weighted by Crippen LogP contribution is -2.26. The summed E-state index contributed by atoms with van der Waals surface area (Å²) in [5.41, 5.74) is 4.85. The van der Waals surface area contributed by atoms with E-state index in [1.807, 2.05) is 30.0 Å². The van der Waals surface area contributed by atoms with Crippen LogP contribution >= 0.6 is 0 Å². The lowest BCUT2D eigenvalue weighted by Gasteiger charge is -2.18. The van der Waals surface area contributed by atoms with Gasteiger partial charge in [-0.15, -0.1) is 10.2 Å². The standard InChI is InChI=1S/C24H23N5O3/c1-13-9-19-18(10-17(13)24(32)28-11-14-5-2-3-6-15(14)12-28)25-23(31)22-27-26-21(29(19)22)16-7-4-8-20(16)30/h2-3,5-6,9-10,16,20,30H,4,7-8,11-12H2,1H3,(H,25,31). The fraction of sp³-hybridized carbons (Fsp3) is 0.333. The normalized spacial score (nSPS) is 20.4. The number of carbonyl (C=O) groups is 1. The SMILES string of the molecule is Cc1cc2c(cc1C(=O)N1Cc3ccccc3C1)[nH]c(=O)c1nnc(C3CCCC3O)n12. The Morgan fingerprint density at radius 2 is 1.88 bits per heavy atom. The van der Waals surface area contributed by atoms with E-state index in [-0.39, 0.29) is 23.0 Å². The predicted octanol–water partition coefficient (Wildman–Crippen LogP) is 2.66. The van der Waals surface area contributed by atoms with Gasteiger partial charge in [-0.2, -0.15) is 0 Å². The number of aromatic nitrogens is 4. The minimum Gasteiger partial charge on any atom is -0.392 e. The van der Waals surface area contributed by atoms with E-state index in [1.165, 1.54) is 11.1 Å². The van der Waals surface area contributed by atoms with Crippen LogP contribution in [0.4, 0.5) is 0 Å². The summed E-state index contributed by atoms with van der Waals surface area (Å²) in [5, 5.41) is 18.8. The maximum atomic E-state index is 13.4. The molecule has 1 aliphatic carbocycles. The van der Waals surface area contributed by atoms with Gasteiger partial charge in [-0.1, -0.05) is 30.7 Å². The van der Waals surface area contributed by atoms with E-state index in [2.05, 4.69) is 27.3 Å². The van der Waals surface area contributed by atoms with Gasteiger partial charge in [0.2, 0.25) is 5.65 Å². The molecular weight excluding hydrogens is 406 g/mol. The zero-order valence-electron chi connectivity index (χ0n) is 17.7. The van der Waals surface area contributed by atoms with Crippen LogP contribution in [-0.4, -0.2) is 41.6 Å². The lowest BCUT2D eigenvalue weighted by atomic mass is 10.0. The molecule has 0 bridgehead atoms. The molecule has 162 valence electrons. The number of carbonyl (C=O) groups excluding carboxylic acids is 1. The molecule has 2 aromatic heterocycles. The number of hydrogen-bond donors (Lipinski definition) is 2. The van der Waals surface area contributed by atoms with Crippen LogP contribution in [-0.2, 0) is 13.1 Å². The van der Waals surface area contributed by atoms with Crippen LogP contribution in [0, 0.1) is 6.92 Å². The highest BCUT2D eigenvalue weighted by molar-refractivity contribution is 5.99. The van der Waals surface area contributed by atoms with Gasteiger partial charge in [0.05, 0.1) is 17.1 Å². The quantitative estimate of drug-likeness (QED) is 0.510. The molecule has 1 amide bonds. The van der Waals surface area contributed by atoms with Gasteiger partial charge < -0.3 is 15.0 Å². The third kappa shape index (κ3) is 2.79. The van der Waals surface area contributed by atoms with Crippen LogP contribution in [0.25, 0.3) is 16.7 Å². The highest BCUT2D eigenvalue weighted by atomic mass is 16.3. The van der Waals surface area contributed by atoms with Crippen molar-refractivity contribution in [2.45, 2.75) is 51.3 Å². The van der Waals surface area contributed by atoms with Crippen LogP contribution in [0.2, 0.25) is 0 Å². The summed E-state index contributed by atoms with van der Waals surface area (Å²) in [7, 11) is 0. The van der Waals surface area contributed by atoms with Crippen molar-refractivity contribution in [2.24, 2.45) is 0 Å². The fourth-order valence-electron chi connectivity index (χ4n) is 5.20. The molecule has 2 N–H and O–H groups in total. The number of nitrogens with one attached hydrogen (secondary N) is 1. The molecule has 1 fully saturated rings. The van der Waals surface area contributed by atoms with Crippen molar-refractivity contribution < 1.29 is 9.90 Å². The van der Waals surface area contributed by atoms with E-state index < -0.39 is 6.10 Å². The second-order valence-corrected chi connectivity index (χ2v) is 8.89. The van der Waals surface area contributed by atoms with Crippen molar-refractivity contribution in [2.75, 3.05) is 0 Å². The summed E-state index contributed by atoms with van der Waals surface area (Å²) in [6, 6.07) is 11.7. The van der Waals surface area contributed by atoms with Gasteiger partial charge in [0.15, 0.2) is 0 Å². The number of fused-ring (bicyclic) bond motifs is 4. The molecule has 32 heavy (non-hydrogen) atoms. The van der Waals surface area contributed by atoms with Gasteiger partial charge in [0, 0.05) is 24.6 Å². The summed E-state index contributed by atoms with van der Waals surface area (Å²) in [5.74, 6) is 0.394. The Kier molecular flexibility index (Phi) is 4.19. The summed E-state index contributed by atoms with van der Waals surface area (Å²) >= 11 is 0. The number of amides is 1. The average Bonchev–Trinajstić information content (AvgIpc) is 3.51. The van der Waals surface area contributed by atoms with Crippen LogP contribution in [0.3, 0.4) is 0 Å². The Bertz CT molecular complexity index is 1430. The van der Waals surface area contributed by atoms with Crippen LogP contribution in [0.5, 0.6) is 0 Å². The Morgan fingerprint density at radius 3 is 2.56 bits per heavy atom. The lowest BCUT2D eigenvalue weighted by molar-refractivity contribution is 0.0751. The summed E-state index contributed by atoms with van der Waals surface area (Å²) < 4.78 is 1.75. The zero-order chi connectivity index (χ0) is 22.0. The molecule has 6 rings (SSSR count). The van der Waals surface area contributed by atoms with Gasteiger partial charge >= 0.3 is 0 Å². The molecule has 4 aromatic rings. The van der Waals surface area contributed by atoms with Gasteiger partial charge in [0.1, 0.15) is 5.82 Å². The van der Waals surface area contributed by atoms with Crippen molar-refractivity contribution in [3.63, 3.8) is 0 Å². The van der Waals surface area contributed by atoms with Crippen molar-refractivity contribution in [3.8, 4) is 0 Å². The van der Waals surface area contributed by atoms with Crippen molar-refractivity contribution in [3.05, 3.63) is 74.8 Å². The minimum atomic E-state index is -0.490. The Hall–Kier alpha value is -3.52. The second kappa shape index (κ2) is 7.00. The van der Waals surface area contributed by atoms with E-state index in [0.29, 0.717) is 30.0 Å². The highest BCUT2D eigenvalue weighted by Gasteiger charge is 2.32. The molecule has 8 heteroatoms. The van der Waals surface area contributed by atoms with E-state index >= 15 is 0 Å². The number of aryl methyl sites for hydroxylation is 1. The third-order valence-electron chi connectivity index (χ3n) is 6.89. The Morgan fingerprint density at radius 1 is 1.12 bits per heavy atom. The molecule has 0 spiro atoms. The number of aliphatic hydroxyl groups excluding tert-OH is 1. The summed E-state index contributed by atoms with van der Waals surface area (Å²) in [4.78, 5) is 30.8. The number of H-pyrrole nitrogens is 1. The monoisotopic (exact) mass is 429 g/mol. The van der Waals surface area contributed by atoms with Crippen molar-refractivity contribution in [1.82, 2.24) is 24.5 Å². The van der Waals surface area contributed by atoms with Crippen molar-refractivity contribution >= 4 is 22.6 Å². The van der Waals surface area contributed by atoms with Crippen LogP contribution in [0.15, 0.2) is 41.2 Å². The fourth-order valence-corrected chi connectivity index (χ4v) is 5.20. The number of rotatable bonds is 2. The first-order valence-corrected chi connectivity index (χ1v) is 11.0. The number of benzene rings is 2. The molecule has 1 aliphatic heterocycles. The molecule has 2 aliphatic rings.